The lowest BCUT2D eigenvalue weighted by Gasteiger charge is -2.14. The number of aliphatic hydroxyl groups excluding tert-OH is 1. The average molecular weight is 241 g/mol. The van der Waals surface area contributed by atoms with E-state index in [0.717, 1.165) is 5.69 Å². The number of aromatic nitrogens is 3. The summed E-state index contributed by atoms with van der Waals surface area (Å²) in [5, 5.41) is 19.5. The van der Waals surface area contributed by atoms with E-state index in [2.05, 4.69) is 15.6 Å². The first-order valence-corrected chi connectivity index (χ1v) is 5.62. The van der Waals surface area contributed by atoms with Crippen LogP contribution in [0.5, 0.6) is 0 Å². The summed E-state index contributed by atoms with van der Waals surface area (Å²) in [5.74, 6) is 0.0512. The molecule has 2 N–H and O–H groups in total. The summed E-state index contributed by atoms with van der Waals surface area (Å²) < 4.78 is 1.57. The van der Waals surface area contributed by atoms with Crippen molar-refractivity contribution in [3.8, 4) is 0 Å². The van der Waals surface area contributed by atoms with Crippen LogP contribution in [0.2, 0.25) is 0 Å². The second-order valence-corrected chi connectivity index (χ2v) is 3.71. The summed E-state index contributed by atoms with van der Waals surface area (Å²) >= 11 is 0. The Kier molecular flexibility index (Phi) is 5.58. The predicted molar refractivity (Wildman–Crippen MR) is 62.1 cm³/mol. The summed E-state index contributed by atoms with van der Waals surface area (Å²) in [6.45, 7) is 3.89. The minimum atomic E-state index is 0.0377. The number of nitrogens with zero attached hydrogens (tertiary/aromatic N) is 4. The number of aliphatic hydroxyl groups is 1. The lowest BCUT2D eigenvalue weighted by atomic mass is 10.4. The van der Waals surface area contributed by atoms with Crippen LogP contribution >= 0.6 is 0 Å². The Labute approximate surface area is 100 Å². The van der Waals surface area contributed by atoms with E-state index in [4.69, 9.17) is 5.11 Å². The molecule has 1 aromatic heterocycles. The fourth-order valence-corrected chi connectivity index (χ4v) is 1.24. The molecule has 1 aromatic rings. The summed E-state index contributed by atoms with van der Waals surface area (Å²) in [6, 6.07) is 0. The van der Waals surface area contributed by atoms with Crippen LogP contribution in [-0.2, 0) is 17.9 Å². The quantitative estimate of drug-likeness (QED) is 0.629. The van der Waals surface area contributed by atoms with Gasteiger partial charge in [-0.05, 0) is 6.92 Å². The number of carbonyl (C=O) groups excluding carboxylic acids is 1. The van der Waals surface area contributed by atoms with Crippen molar-refractivity contribution >= 4 is 5.91 Å². The van der Waals surface area contributed by atoms with Crippen molar-refractivity contribution < 1.29 is 9.90 Å². The molecule has 0 aliphatic carbocycles. The fraction of sp³-hybridized carbons (Fsp3) is 0.700. The van der Waals surface area contributed by atoms with Gasteiger partial charge in [-0.15, -0.1) is 5.10 Å². The van der Waals surface area contributed by atoms with Gasteiger partial charge in [0, 0.05) is 26.3 Å². The summed E-state index contributed by atoms with van der Waals surface area (Å²) in [5.41, 5.74) is 0.755. The zero-order valence-corrected chi connectivity index (χ0v) is 10.3. The number of likely N-dealkylation sites (N-methyl/N-ethyl adjacent to an activating group) is 1. The Balaban J connectivity index is 2.28. The van der Waals surface area contributed by atoms with Crippen molar-refractivity contribution in [1.82, 2.24) is 25.2 Å². The van der Waals surface area contributed by atoms with Gasteiger partial charge in [0.1, 0.15) is 0 Å². The van der Waals surface area contributed by atoms with E-state index in [1.54, 1.807) is 22.8 Å². The van der Waals surface area contributed by atoms with E-state index < -0.39 is 0 Å². The molecule has 0 aliphatic heterocycles. The van der Waals surface area contributed by atoms with Gasteiger partial charge in [-0.2, -0.15) is 0 Å². The van der Waals surface area contributed by atoms with E-state index in [0.29, 0.717) is 19.6 Å². The SMILES string of the molecule is CCN(C)C(=O)CNCc1cn(CCO)nn1. The van der Waals surface area contributed by atoms with Gasteiger partial charge in [0.15, 0.2) is 0 Å². The van der Waals surface area contributed by atoms with Gasteiger partial charge in [-0.1, -0.05) is 5.21 Å². The van der Waals surface area contributed by atoms with Gasteiger partial charge in [0.05, 0.1) is 25.4 Å². The highest BCUT2D eigenvalue weighted by molar-refractivity contribution is 5.77. The first kappa shape index (κ1) is 13.6. The molecule has 0 spiro atoms. The Morgan fingerprint density at radius 3 is 3.06 bits per heavy atom. The Morgan fingerprint density at radius 2 is 2.41 bits per heavy atom. The van der Waals surface area contributed by atoms with Gasteiger partial charge < -0.3 is 15.3 Å². The van der Waals surface area contributed by atoms with Crippen molar-refractivity contribution in [3.63, 3.8) is 0 Å². The molecule has 7 heteroatoms. The first-order chi connectivity index (χ1) is 8.17. The maximum Gasteiger partial charge on any atom is 0.236 e. The molecular weight excluding hydrogens is 222 g/mol. The van der Waals surface area contributed by atoms with Crippen molar-refractivity contribution in [3.05, 3.63) is 11.9 Å². The normalized spacial score (nSPS) is 10.5. The molecule has 17 heavy (non-hydrogen) atoms. The summed E-state index contributed by atoms with van der Waals surface area (Å²) in [6.07, 6.45) is 1.75. The highest BCUT2D eigenvalue weighted by Crippen LogP contribution is 1.92. The monoisotopic (exact) mass is 241 g/mol. The number of hydrogen-bond donors (Lipinski definition) is 2. The van der Waals surface area contributed by atoms with Crippen LogP contribution in [0.1, 0.15) is 12.6 Å². The average Bonchev–Trinajstić information content (AvgIpc) is 2.76. The molecule has 0 unspecified atom stereocenters. The van der Waals surface area contributed by atoms with Crippen molar-refractivity contribution in [2.45, 2.75) is 20.0 Å². The highest BCUT2D eigenvalue weighted by atomic mass is 16.3. The second kappa shape index (κ2) is 6.97. The fourth-order valence-electron chi connectivity index (χ4n) is 1.24. The maximum absolute atomic E-state index is 11.5. The summed E-state index contributed by atoms with van der Waals surface area (Å²) in [7, 11) is 1.77. The van der Waals surface area contributed by atoms with Gasteiger partial charge in [0.2, 0.25) is 5.91 Å². The largest absolute Gasteiger partial charge is 0.394 e. The third kappa shape index (κ3) is 4.49. The van der Waals surface area contributed by atoms with Crippen LogP contribution in [0, 0.1) is 0 Å². The molecule has 0 radical (unpaired) electrons. The third-order valence-electron chi connectivity index (χ3n) is 2.40. The molecule has 0 aromatic carbocycles. The van der Waals surface area contributed by atoms with Gasteiger partial charge in [-0.3, -0.25) is 4.79 Å². The van der Waals surface area contributed by atoms with Gasteiger partial charge in [0.25, 0.3) is 0 Å². The topological polar surface area (TPSA) is 83.3 Å². The Morgan fingerprint density at radius 1 is 1.65 bits per heavy atom. The standard InChI is InChI=1S/C10H19N5O2/c1-3-14(2)10(17)7-11-6-9-8-15(4-5-16)13-12-9/h8,11,16H,3-7H2,1-2H3. The van der Waals surface area contributed by atoms with Crippen LogP contribution in [-0.4, -0.2) is 57.7 Å². The van der Waals surface area contributed by atoms with Crippen molar-refractivity contribution in [2.75, 3.05) is 26.7 Å². The molecule has 0 fully saturated rings. The van der Waals surface area contributed by atoms with Crippen molar-refractivity contribution in [1.29, 1.82) is 0 Å². The molecule has 1 amide bonds. The predicted octanol–water partition coefficient (Wildman–Crippen LogP) is -1.16. The summed E-state index contributed by atoms with van der Waals surface area (Å²) in [4.78, 5) is 13.1. The van der Waals surface area contributed by atoms with E-state index in [9.17, 15) is 4.79 Å². The molecular formula is C10H19N5O2. The maximum atomic E-state index is 11.5. The smallest absolute Gasteiger partial charge is 0.236 e. The van der Waals surface area contributed by atoms with Gasteiger partial charge >= 0.3 is 0 Å². The number of nitrogens with one attached hydrogen (secondary N) is 1. The zero-order valence-electron chi connectivity index (χ0n) is 10.3. The van der Waals surface area contributed by atoms with E-state index in [1.807, 2.05) is 6.92 Å². The van der Waals surface area contributed by atoms with Gasteiger partial charge in [-0.25, -0.2) is 4.68 Å². The number of hydrogen-bond acceptors (Lipinski definition) is 5. The molecule has 0 atom stereocenters. The minimum absolute atomic E-state index is 0.0377. The van der Waals surface area contributed by atoms with E-state index >= 15 is 0 Å². The van der Waals surface area contributed by atoms with E-state index in [1.165, 1.54) is 0 Å². The highest BCUT2D eigenvalue weighted by Gasteiger charge is 2.06. The Bertz CT molecular complexity index is 352. The second-order valence-electron chi connectivity index (χ2n) is 3.71. The molecule has 0 saturated carbocycles. The molecule has 1 heterocycles. The third-order valence-corrected chi connectivity index (χ3v) is 2.40. The Hall–Kier alpha value is -1.47. The first-order valence-electron chi connectivity index (χ1n) is 5.62. The zero-order chi connectivity index (χ0) is 12.7. The molecule has 0 bridgehead atoms. The van der Waals surface area contributed by atoms with Crippen LogP contribution in [0.4, 0.5) is 0 Å². The molecule has 7 nitrogen and oxygen atoms in total. The minimum Gasteiger partial charge on any atom is -0.394 e. The molecule has 0 aliphatic rings. The van der Waals surface area contributed by atoms with Crippen LogP contribution in [0.25, 0.3) is 0 Å². The van der Waals surface area contributed by atoms with Crippen molar-refractivity contribution in [2.24, 2.45) is 0 Å². The van der Waals surface area contributed by atoms with E-state index in [-0.39, 0.29) is 19.1 Å². The lowest BCUT2D eigenvalue weighted by Crippen LogP contribution is -2.35. The van der Waals surface area contributed by atoms with Crippen LogP contribution < -0.4 is 5.32 Å². The number of amides is 1. The van der Waals surface area contributed by atoms with Crippen LogP contribution in [0.3, 0.4) is 0 Å². The molecule has 96 valence electrons. The molecule has 1 rings (SSSR count). The lowest BCUT2D eigenvalue weighted by molar-refractivity contribution is -0.128. The van der Waals surface area contributed by atoms with Crippen LogP contribution in [0.15, 0.2) is 6.20 Å². The molecule has 0 saturated heterocycles. The number of rotatable bonds is 7. The number of carbonyl (C=O) groups is 1.